The van der Waals surface area contributed by atoms with E-state index >= 15 is 0 Å². The van der Waals surface area contributed by atoms with Gasteiger partial charge in [0.15, 0.2) is 16.3 Å². The van der Waals surface area contributed by atoms with Gasteiger partial charge in [0.1, 0.15) is 0 Å². The molecule has 5 nitrogen and oxygen atoms in total. The van der Waals surface area contributed by atoms with Gasteiger partial charge in [-0.3, -0.25) is 4.79 Å². The Kier molecular flexibility index (Phi) is 3.82. The number of aryl methyl sites for hydroxylation is 1. The number of aromatic nitrogens is 1. The van der Waals surface area contributed by atoms with Crippen molar-refractivity contribution in [2.45, 2.75) is 4.90 Å². The van der Waals surface area contributed by atoms with E-state index < -0.39 is 0 Å². The van der Waals surface area contributed by atoms with Crippen LogP contribution >= 0.6 is 23.1 Å². The maximum Gasteiger partial charge on any atom is 0.279 e. The first-order valence-electron chi connectivity index (χ1n) is 7.28. The fourth-order valence-electron chi connectivity index (χ4n) is 2.51. The second-order valence-electron chi connectivity index (χ2n) is 5.26. The molecule has 0 saturated heterocycles. The molecule has 1 aliphatic heterocycles. The van der Waals surface area contributed by atoms with Gasteiger partial charge in [-0.1, -0.05) is 11.3 Å². The number of thioether (sulfide) groups is 1. The summed E-state index contributed by atoms with van der Waals surface area (Å²) in [6.45, 7) is 0.248. The molecule has 4 rings (SSSR count). The van der Waals surface area contributed by atoms with Gasteiger partial charge in [-0.25, -0.2) is 0 Å². The highest BCUT2D eigenvalue weighted by Gasteiger charge is 2.17. The van der Waals surface area contributed by atoms with Crippen molar-refractivity contribution in [3.8, 4) is 11.5 Å². The zero-order chi connectivity index (χ0) is 16.7. The summed E-state index contributed by atoms with van der Waals surface area (Å²) in [6.07, 6.45) is 2.00. The number of carbonyl (C=O) groups excluding carboxylic acids is 1. The third kappa shape index (κ3) is 2.59. The van der Waals surface area contributed by atoms with E-state index in [2.05, 4.69) is 4.99 Å². The van der Waals surface area contributed by atoms with Gasteiger partial charge in [-0.05, 0) is 30.5 Å². The lowest BCUT2D eigenvalue weighted by Gasteiger charge is -1.99. The average Bonchev–Trinajstić information content (AvgIpc) is 3.18. The van der Waals surface area contributed by atoms with Gasteiger partial charge in [0.25, 0.3) is 5.91 Å². The number of thiazole rings is 1. The third-order valence-electron chi connectivity index (χ3n) is 3.84. The van der Waals surface area contributed by atoms with Crippen molar-refractivity contribution in [1.29, 1.82) is 0 Å². The fourth-order valence-corrected chi connectivity index (χ4v) is 3.94. The Balaban J connectivity index is 1.76. The van der Waals surface area contributed by atoms with E-state index in [1.807, 2.05) is 42.1 Å². The van der Waals surface area contributed by atoms with Crippen LogP contribution in [0.25, 0.3) is 10.2 Å². The van der Waals surface area contributed by atoms with Crippen LogP contribution in [0.3, 0.4) is 0 Å². The zero-order valence-electron chi connectivity index (χ0n) is 13.1. The predicted molar refractivity (Wildman–Crippen MR) is 95.0 cm³/mol. The van der Waals surface area contributed by atoms with Gasteiger partial charge >= 0.3 is 0 Å². The first-order valence-corrected chi connectivity index (χ1v) is 9.32. The van der Waals surface area contributed by atoms with E-state index in [0.717, 1.165) is 26.6 Å². The monoisotopic (exact) mass is 358 g/mol. The molecule has 0 atom stereocenters. The molecular weight excluding hydrogens is 344 g/mol. The van der Waals surface area contributed by atoms with Crippen LogP contribution in [0.15, 0.2) is 46.3 Å². The maximum atomic E-state index is 12.4. The average molecular weight is 358 g/mol. The fraction of sp³-hybridized carbons (Fsp3) is 0.176. The molecule has 2 heterocycles. The van der Waals surface area contributed by atoms with E-state index in [-0.39, 0.29) is 12.7 Å². The summed E-state index contributed by atoms with van der Waals surface area (Å²) >= 11 is 3.10. The van der Waals surface area contributed by atoms with Crippen LogP contribution in [-0.4, -0.2) is 23.5 Å². The third-order valence-corrected chi connectivity index (χ3v) is 5.68. The number of hydrogen-bond donors (Lipinski definition) is 0. The molecule has 1 amide bonds. The Bertz CT molecular complexity index is 1000. The zero-order valence-corrected chi connectivity index (χ0v) is 14.7. The van der Waals surface area contributed by atoms with Gasteiger partial charge in [0.05, 0.1) is 10.2 Å². The van der Waals surface area contributed by atoms with E-state index in [0.29, 0.717) is 10.4 Å². The number of rotatable bonds is 2. The molecule has 0 radical (unpaired) electrons. The highest BCUT2D eigenvalue weighted by Crippen LogP contribution is 2.36. The number of nitrogens with zero attached hydrogens (tertiary/aromatic N) is 2. The first-order chi connectivity index (χ1) is 11.7. The van der Waals surface area contributed by atoms with Crippen molar-refractivity contribution < 1.29 is 14.3 Å². The minimum Gasteiger partial charge on any atom is -0.454 e. The highest BCUT2D eigenvalue weighted by molar-refractivity contribution is 7.98. The molecule has 3 aromatic rings. The summed E-state index contributed by atoms with van der Waals surface area (Å²) in [5.74, 6) is 1.21. The van der Waals surface area contributed by atoms with E-state index in [1.54, 1.807) is 23.9 Å². The van der Waals surface area contributed by atoms with Crippen LogP contribution in [0, 0.1) is 0 Å². The lowest BCUT2D eigenvalue weighted by molar-refractivity contribution is 0.0998. The van der Waals surface area contributed by atoms with Crippen molar-refractivity contribution in [1.82, 2.24) is 4.57 Å². The van der Waals surface area contributed by atoms with Gasteiger partial charge in [-0.2, -0.15) is 4.99 Å². The largest absolute Gasteiger partial charge is 0.454 e. The molecule has 1 aromatic heterocycles. The standard InChI is InChI=1S/C17H14N2O3S2/c1-19-12-7-13-14(22-9-21-13)8-15(12)24-17(19)18-16(20)10-3-5-11(23-2)6-4-10/h3-8H,9H2,1-2H3. The summed E-state index contributed by atoms with van der Waals surface area (Å²) < 4.78 is 13.7. The summed E-state index contributed by atoms with van der Waals surface area (Å²) in [4.78, 5) is 18.5. The first kappa shape index (κ1) is 15.3. The Morgan fingerprint density at radius 1 is 1.21 bits per heavy atom. The van der Waals surface area contributed by atoms with Crippen molar-refractivity contribution in [3.05, 3.63) is 46.8 Å². The van der Waals surface area contributed by atoms with E-state index in [9.17, 15) is 4.79 Å². The van der Waals surface area contributed by atoms with Crippen LogP contribution in [0.4, 0.5) is 0 Å². The summed E-state index contributed by atoms with van der Waals surface area (Å²) in [5, 5.41) is 0. The lowest BCUT2D eigenvalue weighted by Crippen LogP contribution is -2.13. The smallest absolute Gasteiger partial charge is 0.279 e. The van der Waals surface area contributed by atoms with E-state index in [4.69, 9.17) is 9.47 Å². The molecule has 0 unspecified atom stereocenters. The Labute approximate surface area is 146 Å². The van der Waals surface area contributed by atoms with Gasteiger partial charge in [-0.15, -0.1) is 11.8 Å². The van der Waals surface area contributed by atoms with Crippen LogP contribution in [0.2, 0.25) is 0 Å². The molecule has 24 heavy (non-hydrogen) atoms. The molecule has 0 saturated carbocycles. The molecule has 7 heteroatoms. The topological polar surface area (TPSA) is 52.8 Å². The second-order valence-corrected chi connectivity index (χ2v) is 7.15. The number of hydrogen-bond acceptors (Lipinski definition) is 5. The van der Waals surface area contributed by atoms with Crippen LogP contribution in [-0.2, 0) is 7.05 Å². The molecule has 0 bridgehead atoms. The molecule has 0 fully saturated rings. The second kappa shape index (κ2) is 5.99. The van der Waals surface area contributed by atoms with Gasteiger partial charge in [0.2, 0.25) is 6.79 Å². The minimum atomic E-state index is -0.246. The van der Waals surface area contributed by atoms with Gasteiger partial charge < -0.3 is 14.0 Å². The van der Waals surface area contributed by atoms with Crippen LogP contribution in [0.1, 0.15) is 10.4 Å². The summed E-state index contributed by atoms with van der Waals surface area (Å²) in [7, 11) is 1.89. The van der Waals surface area contributed by atoms with Crippen LogP contribution < -0.4 is 14.3 Å². The molecule has 2 aromatic carbocycles. The Hall–Kier alpha value is -2.25. The molecule has 0 aliphatic carbocycles. The lowest BCUT2D eigenvalue weighted by atomic mass is 10.2. The number of amides is 1. The molecule has 0 spiro atoms. The Morgan fingerprint density at radius 2 is 1.92 bits per heavy atom. The van der Waals surface area contributed by atoms with Gasteiger partial charge in [0, 0.05) is 29.6 Å². The minimum absolute atomic E-state index is 0.246. The Morgan fingerprint density at radius 3 is 2.62 bits per heavy atom. The van der Waals surface area contributed by atoms with Crippen molar-refractivity contribution in [2.24, 2.45) is 12.0 Å². The summed E-state index contributed by atoms with van der Waals surface area (Å²) in [5.41, 5.74) is 1.55. The number of carbonyl (C=O) groups is 1. The van der Waals surface area contributed by atoms with Crippen LogP contribution in [0.5, 0.6) is 11.5 Å². The molecular formula is C17H14N2O3S2. The SMILES string of the molecule is CSc1ccc(C(=O)N=c2sc3cc4c(cc3n2C)OCO4)cc1. The number of ether oxygens (including phenoxy) is 2. The predicted octanol–water partition coefficient (Wildman–Crippen LogP) is 3.43. The highest BCUT2D eigenvalue weighted by atomic mass is 32.2. The molecule has 122 valence electrons. The van der Waals surface area contributed by atoms with Crippen molar-refractivity contribution in [2.75, 3.05) is 13.0 Å². The molecule has 1 aliphatic rings. The number of fused-ring (bicyclic) bond motifs is 2. The summed E-state index contributed by atoms with van der Waals surface area (Å²) in [6, 6.07) is 11.3. The normalized spacial score (nSPS) is 13.7. The van der Waals surface area contributed by atoms with Crippen molar-refractivity contribution >= 4 is 39.2 Å². The maximum absolute atomic E-state index is 12.4. The quantitative estimate of drug-likeness (QED) is 0.659. The number of benzene rings is 2. The molecule has 0 N–H and O–H groups in total. The van der Waals surface area contributed by atoms with Crippen molar-refractivity contribution in [3.63, 3.8) is 0 Å². The van der Waals surface area contributed by atoms with E-state index in [1.165, 1.54) is 11.3 Å².